The van der Waals surface area contributed by atoms with Crippen molar-refractivity contribution in [3.05, 3.63) is 48.4 Å². The van der Waals surface area contributed by atoms with Crippen LogP contribution in [0.3, 0.4) is 0 Å². The minimum atomic E-state index is 0.739. The number of ether oxygens (including phenoxy) is 1. The van der Waals surface area contributed by atoms with Crippen molar-refractivity contribution < 1.29 is 4.74 Å². The van der Waals surface area contributed by atoms with Crippen LogP contribution in [-0.4, -0.2) is 40.7 Å². The Morgan fingerprint density at radius 2 is 1.86 bits per heavy atom. The molecule has 0 radical (unpaired) electrons. The van der Waals surface area contributed by atoms with Crippen molar-refractivity contribution in [2.45, 2.75) is 6.92 Å². The van der Waals surface area contributed by atoms with E-state index in [4.69, 9.17) is 9.72 Å². The molecular formula is C17H18N4O. The van der Waals surface area contributed by atoms with E-state index in [0.29, 0.717) is 0 Å². The van der Waals surface area contributed by atoms with Gasteiger partial charge in [0.05, 0.1) is 18.9 Å². The van der Waals surface area contributed by atoms with Gasteiger partial charge < -0.3 is 9.64 Å². The predicted molar refractivity (Wildman–Crippen MR) is 86.2 cm³/mol. The maximum Gasteiger partial charge on any atom is 0.180 e. The highest BCUT2D eigenvalue weighted by molar-refractivity contribution is 5.70. The van der Waals surface area contributed by atoms with Crippen molar-refractivity contribution in [3.63, 3.8) is 0 Å². The maximum absolute atomic E-state index is 5.46. The standard InChI is InChI=1S/C17H18N4O/c1-13-11-18-16-17(20-7-9-22-10-8-20)19-15(12-21(13)16)14-5-3-2-4-6-14/h2-6,11-12H,7-10H2,1H3. The number of anilines is 1. The van der Waals surface area contributed by atoms with Crippen molar-refractivity contribution in [3.8, 4) is 11.3 Å². The van der Waals surface area contributed by atoms with Crippen LogP contribution in [0.4, 0.5) is 5.82 Å². The van der Waals surface area contributed by atoms with Gasteiger partial charge in [-0.3, -0.25) is 4.40 Å². The Morgan fingerprint density at radius 3 is 2.64 bits per heavy atom. The molecule has 3 heterocycles. The number of rotatable bonds is 2. The molecule has 5 nitrogen and oxygen atoms in total. The molecular weight excluding hydrogens is 276 g/mol. The molecule has 0 spiro atoms. The van der Waals surface area contributed by atoms with Gasteiger partial charge >= 0.3 is 0 Å². The SMILES string of the molecule is Cc1cnc2c(N3CCOCC3)nc(-c3ccccc3)cn12. The van der Waals surface area contributed by atoms with Crippen LogP contribution in [0.15, 0.2) is 42.7 Å². The summed E-state index contributed by atoms with van der Waals surface area (Å²) in [7, 11) is 0. The zero-order valence-electron chi connectivity index (χ0n) is 12.6. The third-order valence-electron chi connectivity index (χ3n) is 4.04. The Kier molecular flexibility index (Phi) is 3.27. The van der Waals surface area contributed by atoms with Crippen LogP contribution in [0.5, 0.6) is 0 Å². The number of nitrogens with zero attached hydrogens (tertiary/aromatic N) is 4. The van der Waals surface area contributed by atoms with Crippen LogP contribution in [0.25, 0.3) is 16.9 Å². The van der Waals surface area contributed by atoms with Gasteiger partial charge in [-0.25, -0.2) is 9.97 Å². The Labute approximate surface area is 129 Å². The Balaban J connectivity index is 1.90. The second-order valence-corrected chi connectivity index (χ2v) is 5.51. The van der Waals surface area contributed by atoms with Gasteiger partial charge in [0.1, 0.15) is 0 Å². The average molecular weight is 294 g/mol. The molecule has 1 aliphatic heterocycles. The summed E-state index contributed by atoms with van der Waals surface area (Å²) in [6.45, 7) is 5.25. The second kappa shape index (κ2) is 5.42. The van der Waals surface area contributed by atoms with Gasteiger partial charge in [0, 0.05) is 36.7 Å². The summed E-state index contributed by atoms with van der Waals surface area (Å²) in [5.74, 6) is 0.942. The monoisotopic (exact) mass is 294 g/mol. The van der Waals surface area contributed by atoms with Crippen LogP contribution in [0.1, 0.15) is 5.69 Å². The molecule has 5 heteroatoms. The quantitative estimate of drug-likeness (QED) is 0.728. The first-order chi connectivity index (χ1) is 10.8. The van der Waals surface area contributed by atoms with E-state index in [1.54, 1.807) is 0 Å². The van der Waals surface area contributed by atoms with Crippen LogP contribution in [0.2, 0.25) is 0 Å². The lowest BCUT2D eigenvalue weighted by Crippen LogP contribution is -2.37. The molecule has 0 unspecified atom stereocenters. The van der Waals surface area contributed by atoms with Crippen molar-refractivity contribution >= 4 is 11.5 Å². The topological polar surface area (TPSA) is 42.7 Å². The highest BCUT2D eigenvalue weighted by atomic mass is 16.5. The van der Waals surface area contributed by atoms with Crippen molar-refractivity contribution in [1.29, 1.82) is 0 Å². The van der Waals surface area contributed by atoms with E-state index in [2.05, 4.69) is 39.5 Å². The molecule has 0 N–H and O–H groups in total. The normalized spacial score (nSPS) is 15.4. The molecule has 1 aromatic carbocycles. The van der Waals surface area contributed by atoms with E-state index in [1.165, 1.54) is 0 Å². The predicted octanol–water partition coefficient (Wildman–Crippen LogP) is 2.54. The first kappa shape index (κ1) is 13.3. The van der Waals surface area contributed by atoms with Gasteiger partial charge in [-0.15, -0.1) is 0 Å². The average Bonchev–Trinajstić information content (AvgIpc) is 2.97. The fraction of sp³-hybridized carbons (Fsp3) is 0.294. The summed E-state index contributed by atoms with van der Waals surface area (Å²) in [5.41, 5.74) is 4.12. The fourth-order valence-electron chi connectivity index (χ4n) is 2.82. The van der Waals surface area contributed by atoms with Crippen LogP contribution < -0.4 is 4.90 Å². The Bertz CT molecular complexity index is 791. The molecule has 0 atom stereocenters. The van der Waals surface area contributed by atoms with Crippen molar-refractivity contribution in [2.75, 3.05) is 31.2 Å². The molecule has 0 bridgehead atoms. The summed E-state index contributed by atoms with van der Waals surface area (Å²) in [5, 5.41) is 0. The molecule has 0 amide bonds. The number of hydrogen-bond acceptors (Lipinski definition) is 4. The number of fused-ring (bicyclic) bond motifs is 1. The number of morpholine rings is 1. The highest BCUT2D eigenvalue weighted by Gasteiger charge is 2.19. The molecule has 1 aliphatic rings. The van der Waals surface area contributed by atoms with E-state index in [9.17, 15) is 0 Å². The molecule has 4 rings (SSSR count). The summed E-state index contributed by atoms with van der Waals surface area (Å²) >= 11 is 0. The second-order valence-electron chi connectivity index (χ2n) is 5.51. The van der Waals surface area contributed by atoms with E-state index < -0.39 is 0 Å². The van der Waals surface area contributed by atoms with Gasteiger partial charge in [0.15, 0.2) is 11.5 Å². The number of benzene rings is 1. The maximum atomic E-state index is 5.46. The lowest BCUT2D eigenvalue weighted by atomic mass is 10.1. The first-order valence-electron chi connectivity index (χ1n) is 7.56. The Hall–Kier alpha value is -2.40. The molecule has 112 valence electrons. The molecule has 3 aromatic rings. The molecule has 22 heavy (non-hydrogen) atoms. The van der Waals surface area contributed by atoms with Gasteiger partial charge in [-0.1, -0.05) is 30.3 Å². The van der Waals surface area contributed by atoms with E-state index in [1.807, 2.05) is 24.4 Å². The third kappa shape index (κ3) is 2.23. The zero-order valence-corrected chi connectivity index (χ0v) is 12.6. The smallest absolute Gasteiger partial charge is 0.180 e. The minimum Gasteiger partial charge on any atom is -0.378 e. The number of hydrogen-bond donors (Lipinski definition) is 0. The highest BCUT2D eigenvalue weighted by Crippen LogP contribution is 2.26. The van der Waals surface area contributed by atoms with E-state index in [-0.39, 0.29) is 0 Å². The summed E-state index contributed by atoms with van der Waals surface area (Å²) in [4.78, 5) is 11.7. The number of aromatic nitrogens is 3. The van der Waals surface area contributed by atoms with Gasteiger partial charge in [0.25, 0.3) is 0 Å². The van der Waals surface area contributed by atoms with Gasteiger partial charge in [0.2, 0.25) is 0 Å². The van der Waals surface area contributed by atoms with Crippen molar-refractivity contribution in [2.24, 2.45) is 0 Å². The molecule has 0 saturated carbocycles. The van der Waals surface area contributed by atoms with Crippen LogP contribution in [-0.2, 0) is 4.74 Å². The van der Waals surface area contributed by atoms with Gasteiger partial charge in [-0.05, 0) is 6.92 Å². The number of imidazole rings is 1. The summed E-state index contributed by atoms with van der Waals surface area (Å²) in [6, 6.07) is 10.3. The molecule has 1 saturated heterocycles. The van der Waals surface area contributed by atoms with Gasteiger partial charge in [-0.2, -0.15) is 0 Å². The lowest BCUT2D eigenvalue weighted by molar-refractivity contribution is 0.122. The van der Waals surface area contributed by atoms with Crippen LogP contribution in [0, 0.1) is 6.92 Å². The Morgan fingerprint density at radius 1 is 1.09 bits per heavy atom. The fourth-order valence-corrected chi connectivity index (χ4v) is 2.82. The van der Waals surface area contributed by atoms with E-state index >= 15 is 0 Å². The van der Waals surface area contributed by atoms with E-state index in [0.717, 1.165) is 54.7 Å². The van der Waals surface area contributed by atoms with Crippen molar-refractivity contribution in [1.82, 2.24) is 14.4 Å². The molecule has 2 aromatic heterocycles. The third-order valence-corrected chi connectivity index (χ3v) is 4.04. The minimum absolute atomic E-state index is 0.739. The first-order valence-corrected chi connectivity index (χ1v) is 7.56. The molecule has 1 fully saturated rings. The summed E-state index contributed by atoms with van der Waals surface area (Å²) < 4.78 is 7.58. The van der Waals surface area contributed by atoms with Crippen LogP contribution >= 0.6 is 0 Å². The largest absolute Gasteiger partial charge is 0.378 e. The lowest BCUT2D eigenvalue weighted by Gasteiger charge is -2.28. The zero-order chi connectivity index (χ0) is 14.9. The number of aryl methyl sites for hydroxylation is 1. The summed E-state index contributed by atoms with van der Waals surface area (Å²) in [6.07, 6.45) is 3.96. The molecule has 0 aliphatic carbocycles.